The molecule has 0 aliphatic carbocycles. The monoisotopic (exact) mass is 237 g/mol. The Bertz CT molecular complexity index is 683. The van der Waals surface area contributed by atoms with Gasteiger partial charge in [0.15, 0.2) is 0 Å². The Morgan fingerprint density at radius 3 is 2.56 bits per heavy atom. The van der Waals surface area contributed by atoms with Gasteiger partial charge in [0, 0.05) is 25.1 Å². The van der Waals surface area contributed by atoms with Crippen molar-refractivity contribution >= 4 is 10.9 Å². The number of aryl methyl sites for hydroxylation is 1. The predicted molar refractivity (Wildman–Crippen MR) is 73.8 cm³/mol. The molecule has 0 aliphatic heterocycles. The van der Waals surface area contributed by atoms with Gasteiger partial charge in [-0.3, -0.25) is 0 Å². The molecule has 0 saturated heterocycles. The summed E-state index contributed by atoms with van der Waals surface area (Å²) in [5.74, 6) is 0.400. The van der Waals surface area contributed by atoms with Gasteiger partial charge in [-0.15, -0.1) is 0 Å². The summed E-state index contributed by atoms with van der Waals surface area (Å²) < 4.78 is 2.02. The molecule has 18 heavy (non-hydrogen) atoms. The lowest BCUT2D eigenvalue weighted by Crippen LogP contribution is -1.90. The quantitative estimate of drug-likeness (QED) is 0.725. The Labute approximate surface area is 106 Å². The third-order valence-corrected chi connectivity index (χ3v) is 3.36. The average molecular weight is 237 g/mol. The van der Waals surface area contributed by atoms with E-state index >= 15 is 0 Å². The first-order valence-electron chi connectivity index (χ1n) is 6.05. The molecule has 0 bridgehead atoms. The maximum atomic E-state index is 10.3. The smallest absolute Gasteiger partial charge is 0.128 e. The number of aromatic hydroxyl groups is 1. The first kappa shape index (κ1) is 10.9. The van der Waals surface area contributed by atoms with Crippen LogP contribution in [0.3, 0.4) is 0 Å². The molecule has 1 aromatic heterocycles. The van der Waals surface area contributed by atoms with Gasteiger partial charge in [0.2, 0.25) is 0 Å². The van der Waals surface area contributed by atoms with Crippen molar-refractivity contribution in [2.75, 3.05) is 0 Å². The van der Waals surface area contributed by atoms with Crippen LogP contribution in [-0.2, 0) is 13.5 Å². The Kier molecular flexibility index (Phi) is 2.56. The zero-order valence-electron chi connectivity index (χ0n) is 10.3. The number of benzene rings is 2. The standard InChI is InChI=1S/C16H15NO/c1-17-10-9-14-15(17)8-7-13(16(14)18)11-12-5-3-2-4-6-12/h2-10,18H,11H2,1H3. The van der Waals surface area contributed by atoms with Crippen LogP contribution < -0.4 is 0 Å². The van der Waals surface area contributed by atoms with Gasteiger partial charge in [0.1, 0.15) is 5.75 Å². The van der Waals surface area contributed by atoms with E-state index in [1.54, 1.807) is 0 Å². The summed E-state index contributed by atoms with van der Waals surface area (Å²) in [6, 6.07) is 16.2. The van der Waals surface area contributed by atoms with Crippen molar-refractivity contribution in [2.24, 2.45) is 7.05 Å². The summed E-state index contributed by atoms with van der Waals surface area (Å²) >= 11 is 0. The van der Waals surface area contributed by atoms with E-state index in [-0.39, 0.29) is 0 Å². The Hall–Kier alpha value is -2.22. The van der Waals surface area contributed by atoms with Gasteiger partial charge < -0.3 is 9.67 Å². The molecule has 90 valence electrons. The van der Waals surface area contributed by atoms with Crippen LogP contribution in [0.25, 0.3) is 10.9 Å². The van der Waals surface area contributed by atoms with Crippen LogP contribution in [0.2, 0.25) is 0 Å². The van der Waals surface area contributed by atoms with Crippen LogP contribution in [0.5, 0.6) is 5.75 Å². The summed E-state index contributed by atoms with van der Waals surface area (Å²) in [6.07, 6.45) is 2.73. The molecular weight excluding hydrogens is 222 g/mol. The third kappa shape index (κ3) is 1.76. The lowest BCUT2D eigenvalue weighted by molar-refractivity contribution is 0.476. The molecule has 2 nitrogen and oxygen atoms in total. The second kappa shape index (κ2) is 4.22. The number of fused-ring (bicyclic) bond motifs is 1. The SMILES string of the molecule is Cn1ccc2c(O)c(Cc3ccccc3)ccc21. The summed E-state index contributed by atoms with van der Waals surface area (Å²) in [6.45, 7) is 0. The molecule has 2 heteroatoms. The lowest BCUT2D eigenvalue weighted by Gasteiger charge is -2.07. The summed E-state index contributed by atoms with van der Waals surface area (Å²) in [5.41, 5.74) is 3.24. The number of aromatic nitrogens is 1. The van der Waals surface area contributed by atoms with E-state index in [9.17, 15) is 5.11 Å². The van der Waals surface area contributed by atoms with E-state index in [4.69, 9.17) is 0 Å². The van der Waals surface area contributed by atoms with Gasteiger partial charge >= 0.3 is 0 Å². The van der Waals surface area contributed by atoms with Crippen molar-refractivity contribution in [1.82, 2.24) is 4.57 Å². The minimum atomic E-state index is 0.400. The summed E-state index contributed by atoms with van der Waals surface area (Å²) in [5, 5.41) is 11.2. The van der Waals surface area contributed by atoms with E-state index in [0.29, 0.717) is 5.75 Å². The molecule has 0 atom stereocenters. The molecule has 0 radical (unpaired) electrons. The van der Waals surface area contributed by atoms with Gasteiger partial charge in [-0.25, -0.2) is 0 Å². The molecule has 1 heterocycles. The maximum absolute atomic E-state index is 10.3. The van der Waals surface area contributed by atoms with Gasteiger partial charge in [-0.05, 0) is 23.3 Å². The fraction of sp³-hybridized carbons (Fsp3) is 0.125. The van der Waals surface area contributed by atoms with Gasteiger partial charge in [0.25, 0.3) is 0 Å². The highest BCUT2D eigenvalue weighted by Gasteiger charge is 2.08. The van der Waals surface area contributed by atoms with Crippen LogP contribution in [-0.4, -0.2) is 9.67 Å². The fourth-order valence-corrected chi connectivity index (χ4v) is 2.34. The van der Waals surface area contributed by atoms with Gasteiger partial charge in [0.05, 0.1) is 5.52 Å². The first-order chi connectivity index (χ1) is 8.75. The number of phenols is 1. The van der Waals surface area contributed by atoms with Crippen LogP contribution in [0.15, 0.2) is 54.7 Å². The minimum Gasteiger partial charge on any atom is -0.507 e. The number of rotatable bonds is 2. The maximum Gasteiger partial charge on any atom is 0.128 e. The third-order valence-electron chi connectivity index (χ3n) is 3.36. The Balaban J connectivity index is 2.05. The van der Waals surface area contributed by atoms with Crippen molar-refractivity contribution in [1.29, 1.82) is 0 Å². The fourth-order valence-electron chi connectivity index (χ4n) is 2.34. The normalized spacial score (nSPS) is 10.9. The highest BCUT2D eigenvalue weighted by molar-refractivity contribution is 5.87. The zero-order valence-corrected chi connectivity index (χ0v) is 10.3. The number of phenolic OH excluding ortho intramolecular Hbond substituents is 1. The Morgan fingerprint density at radius 1 is 1.00 bits per heavy atom. The summed E-state index contributed by atoms with van der Waals surface area (Å²) in [4.78, 5) is 0. The van der Waals surface area contributed by atoms with Crippen molar-refractivity contribution in [3.63, 3.8) is 0 Å². The minimum absolute atomic E-state index is 0.400. The second-order valence-corrected chi connectivity index (χ2v) is 4.60. The van der Waals surface area contributed by atoms with Crippen LogP contribution in [0, 0.1) is 0 Å². The van der Waals surface area contributed by atoms with Crippen LogP contribution in [0.1, 0.15) is 11.1 Å². The van der Waals surface area contributed by atoms with Gasteiger partial charge in [-0.1, -0.05) is 36.4 Å². The molecular formula is C16H15NO. The summed E-state index contributed by atoms with van der Waals surface area (Å²) in [7, 11) is 1.98. The van der Waals surface area contributed by atoms with Crippen molar-refractivity contribution in [3.8, 4) is 5.75 Å². The average Bonchev–Trinajstić information content (AvgIpc) is 2.77. The number of hydrogen-bond acceptors (Lipinski definition) is 1. The molecule has 0 saturated carbocycles. The van der Waals surface area contributed by atoms with Crippen molar-refractivity contribution in [2.45, 2.75) is 6.42 Å². The van der Waals surface area contributed by atoms with E-state index in [2.05, 4.69) is 18.2 Å². The van der Waals surface area contributed by atoms with Crippen molar-refractivity contribution in [3.05, 3.63) is 65.9 Å². The molecule has 3 rings (SSSR count). The van der Waals surface area contributed by atoms with E-state index in [1.807, 2.05) is 48.1 Å². The molecule has 3 aromatic rings. The molecule has 0 unspecified atom stereocenters. The van der Waals surface area contributed by atoms with E-state index in [1.165, 1.54) is 5.56 Å². The van der Waals surface area contributed by atoms with Crippen molar-refractivity contribution < 1.29 is 5.11 Å². The van der Waals surface area contributed by atoms with Gasteiger partial charge in [-0.2, -0.15) is 0 Å². The van der Waals surface area contributed by atoms with Crippen LogP contribution >= 0.6 is 0 Å². The molecule has 2 aromatic carbocycles. The molecule has 1 N–H and O–H groups in total. The number of nitrogens with zero attached hydrogens (tertiary/aromatic N) is 1. The highest BCUT2D eigenvalue weighted by Crippen LogP contribution is 2.30. The van der Waals surface area contributed by atoms with E-state index in [0.717, 1.165) is 22.9 Å². The number of hydrogen-bond donors (Lipinski definition) is 1. The highest BCUT2D eigenvalue weighted by atomic mass is 16.3. The first-order valence-corrected chi connectivity index (χ1v) is 6.05. The topological polar surface area (TPSA) is 25.2 Å². The predicted octanol–water partition coefficient (Wildman–Crippen LogP) is 3.47. The molecule has 0 amide bonds. The zero-order chi connectivity index (χ0) is 12.5. The lowest BCUT2D eigenvalue weighted by atomic mass is 10.0. The molecule has 0 spiro atoms. The Morgan fingerprint density at radius 2 is 1.78 bits per heavy atom. The molecule has 0 aliphatic rings. The largest absolute Gasteiger partial charge is 0.507 e. The second-order valence-electron chi connectivity index (χ2n) is 4.60. The van der Waals surface area contributed by atoms with E-state index < -0.39 is 0 Å². The molecule has 0 fully saturated rings. The van der Waals surface area contributed by atoms with Crippen LogP contribution in [0.4, 0.5) is 0 Å².